The molecule has 0 bridgehead atoms. The Hall–Kier alpha value is -1.23. The van der Waals surface area contributed by atoms with Crippen molar-refractivity contribution < 1.29 is 0 Å². The predicted molar refractivity (Wildman–Crippen MR) is 86.1 cm³/mol. The number of nitrogens with zero attached hydrogens (tertiary/aromatic N) is 2. The number of aromatic nitrogens is 1. The molecule has 2 rings (SSSR count). The molecule has 0 aliphatic rings. The molecular weight excluding hydrogens is 266 g/mol. The standard InChI is InChI=1S/C16H23N3S/c1-3-14-4-5-16(20-14)15(12-17)19(2)11-8-13-6-9-18-10-7-13/h4-7,9-10,15H,3,8,11-12,17H2,1-2H3. The number of thiophene rings is 1. The van der Waals surface area contributed by atoms with Crippen LogP contribution >= 0.6 is 11.3 Å². The van der Waals surface area contributed by atoms with Gasteiger partial charge in [0.05, 0.1) is 6.04 Å². The van der Waals surface area contributed by atoms with Crippen LogP contribution in [-0.4, -0.2) is 30.0 Å². The maximum absolute atomic E-state index is 5.98. The molecule has 2 N–H and O–H groups in total. The summed E-state index contributed by atoms with van der Waals surface area (Å²) in [7, 11) is 2.16. The van der Waals surface area contributed by atoms with E-state index < -0.39 is 0 Å². The summed E-state index contributed by atoms with van der Waals surface area (Å²) in [5.74, 6) is 0. The molecule has 2 aromatic rings. The molecule has 0 spiro atoms. The number of pyridine rings is 1. The highest BCUT2D eigenvalue weighted by Crippen LogP contribution is 2.26. The van der Waals surface area contributed by atoms with Crippen molar-refractivity contribution in [2.45, 2.75) is 25.8 Å². The van der Waals surface area contributed by atoms with E-state index in [2.05, 4.69) is 48.1 Å². The molecule has 1 atom stereocenters. The molecule has 20 heavy (non-hydrogen) atoms. The van der Waals surface area contributed by atoms with Crippen molar-refractivity contribution >= 4 is 11.3 Å². The fraction of sp³-hybridized carbons (Fsp3) is 0.438. The largest absolute Gasteiger partial charge is 0.329 e. The van der Waals surface area contributed by atoms with E-state index >= 15 is 0 Å². The van der Waals surface area contributed by atoms with Gasteiger partial charge in [-0.3, -0.25) is 9.88 Å². The summed E-state index contributed by atoms with van der Waals surface area (Å²) in [6, 6.07) is 8.92. The minimum Gasteiger partial charge on any atom is -0.329 e. The fourth-order valence-corrected chi connectivity index (χ4v) is 3.42. The normalized spacial score (nSPS) is 12.8. The third kappa shape index (κ3) is 3.88. The summed E-state index contributed by atoms with van der Waals surface area (Å²) < 4.78 is 0. The molecule has 0 aliphatic carbocycles. The predicted octanol–water partition coefficient (Wildman–Crippen LogP) is 2.88. The first-order chi connectivity index (χ1) is 9.74. The quantitative estimate of drug-likeness (QED) is 0.852. The Morgan fingerprint density at radius 1 is 1.25 bits per heavy atom. The first kappa shape index (κ1) is 15.2. The Morgan fingerprint density at radius 3 is 2.60 bits per heavy atom. The third-order valence-corrected chi connectivity index (χ3v) is 4.95. The highest BCUT2D eigenvalue weighted by Gasteiger charge is 2.17. The van der Waals surface area contributed by atoms with Gasteiger partial charge >= 0.3 is 0 Å². The number of hydrogen-bond acceptors (Lipinski definition) is 4. The molecule has 0 fully saturated rings. The van der Waals surface area contributed by atoms with E-state index in [-0.39, 0.29) is 0 Å². The van der Waals surface area contributed by atoms with Gasteiger partial charge in [0, 0.05) is 35.2 Å². The number of hydrogen-bond donors (Lipinski definition) is 1. The summed E-state index contributed by atoms with van der Waals surface area (Å²) in [5.41, 5.74) is 7.30. The minimum atomic E-state index is 0.321. The Labute approximate surface area is 125 Å². The lowest BCUT2D eigenvalue weighted by Crippen LogP contribution is -2.31. The van der Waals surface area contributed by atoms with Crippen molar-refractivity contribution in [2.24, 2.45) is 5.73 Å². The van der Waals surface area contributed by atoms with E-state index in [0.717, 1.165) is 19.4 Å². The van der Waals surface area contributed by atoms with Gasteiger partial charge in [-0.25, -0.2) is 0 Å². The van der Waals surface area contributed by atoms with Crippen LogP contribution in [0.2, 0.25) is 0 Å². The summed E-state index contributed by atoms with van der Waals surface area (Å²) in [4.78, 5) is 9.21. The van der Waals surface area contributed by atoms with Gasteiger partial charge in [-0.15, -0.1) is 11.3 Å². The van der Waals surface area contributed by atoms with Crippen LogP contribution in [0.3, 0.4) is 0 Å². The van der Waals surface area contributed by atoms with Crippen LogP contribution in [0.15, 0.2) is 36.7 Å². The molecule has 0 aliphatic heterocycles. The molecule has 0 saturated heterocycles. The van der Waals surface area contributed by atoms with Gasteiger partial charge < -0.3 is 5.73 Å². The molecular formula is C16H23N3S. The SMILES string of the molecule is CCc1ccc(C(CN)N(C)CCc2ccncc2)s1. The zero-order chi connectivity index (χ0) is 14.4. The van der Waals surface area contributed by atoms with Crippen LogP contribution in [0.1, 0.15) is 28.3 Å². The molecule has 2 aromatic heterocycles. The van der Waals surface area contributed by atoms with Gasteiger partial charge in [-0.1, -0.05) is 6.92 Å². The fourth-order valence-electron chi connectivity index (χ4n) is 2.29. The minimum absolute atomic E-state index is 0.321. The number of aryl methyl sites for hydroxylation is 1. The molecule has 0 radical (unpaired) electrons. The van der Waals surface area contributed by atoms with E-state index in [4.69, 9.17) is 5.73 Å². The number of nitrogens with two attached hydrogens (primary N) is 1. The Morgan fingerprint density at radius 2 is 2.00 bits per heavy atom. The average Bonchev–Trinajstić information content (AvgIpc) is 2.96. The number of likely N-dealkylation sites (N-methyl/N-ethyl adjacent to an activating group) is 1. The zero-order valence-electron chi connectivity index (χ0n) is 12.2. The van der Waals surface area contributed by atoms with Crippen LogP contribution in [0.5, 0.6) is 0 Å². The van der Waals surface area contributed by atoms with Gasteiger partial charge in [0.2, 0.25) is 0 Å². The molecule has 1 unspecified atom stereocenters. The second-order valence-corrected chi connectivity index (χ2v) is 6.20. The summed E-state index contributed by atoms with van der Waals surface area (Å²) in [6.07, 6.45) is 5.83. The first-order valence-electron chi connectivity index (χ1n) is 7.12. The van der Waals surface area contributed by atoms with E-state index in [9.17, 15) is 0 Å². The first-order valence-corrected chi connectivity index (χ1v) is 7.94. The zero-order valence-corrected chi connectivity index (χ0v) is 13.1. The van der Waals surface area contributed by atoms with E-state index in [0.29, 0.717) is 12.6 Å². The van der Waals surface area contributed by atoms with Crippen LogP contribution in [-0.2, 0) is 12.8 Å². The molecule has 0 amide bonds. The topological polar surface area (TPSA) is 42.1 Å². The van der Waals surface area contributed by atoms with Crippen molar-refractivity contribution in [2.75, 3.05) is 20.1 Å². The Bertz CT molecular complexity index is 509. The lowest BCUT2D eigenvalue weighted by atomic mass is 10.1. The van der Waals surface area contributed by atoms with Gasteiger partial charge in [0.15, 0.2) is 0 Å². The molecule has 2 heterocycles. The van der Waals surface area contributed by atoms with Crippen LogP contribution < -0.4 is 5.73 Å². The molecule has 0 saturated carbocycles. The highest BCUT2D eigenvalue weighted by molar-refractivity contribution is 7.12. The van der Waals surface area contributed by atoms with Crippen molar-refractivity contribution in [1.82, 2.24) is 9.88 Å². The summed E-state index contributed by atoms with van der Waals surface area (Å²) >= 11 is 1.88. The lowest BCUT2D eigenvalue weighted by Gasteiger charge is -2.26. The second-order valence-electron chi connectivity index (χ2n) is 5.00. The monoisotopic (exact) mass is 289 g/mol. The smallest absolute Gasteiger partial charge is 0.0562 e. The highest BCUT2D eigenvalue weighted by atomic mass is 32.1. The van der Waals surface area contributed by atoms with E-state index in [1.54, 1.807) is 0 Å². The van der Waals surface area contributed by atoms with Gasteiger partial charge in [0.25, 0.3) is 0 Å². The van der Waals surface area contributed by atoms with Crippen molar-refractivity contribution in [1.29, 1.82) is 0 Å². The maximum atomic E-state index is 5.98. The van der Waals surface area contributed by atoms with Crippen LogP contribution in [0.4, 0.5) is 0 Å². The molecule has 3 nitrogen and oxygen atoms in total. The van der Waals surface area contributed by atoms with E-state index in [1.165, 1.54) is 15.3 Å². The molecule has 4 heteroatoms. The number of rotatable bonds is 7. The second kappa shape index (κ2) is 7.53. The summed E-state index contributed by atoms with van der Waals surface area (Å²) in [6.45, 7) is 3.86. The van der Waals surface area contributed by atoms with Crippen molar-refractivity contribution in [3.8, 4) is 0 Å². The van der Waals surface area contributed by atoms with Gasteiger partial charge in [-0.05, 0) is 49.7 Å². The maximum Gasteiger partial charge on any atom is 0.0562 e. The van der Waals surface area contributed by atoms with Crippen LogP contribution in [0.25, 0.3) is 0 Å². The molecule has 0 aromatic carbocycles. The average molecular weight is 289 g/mol. The van der Waals surface area contributed by atoms with Gasteiger partial charge in [-0.2, -0.15) is 0 Å². The van der Waals surface area contributed by atoms with Crippen molar-refractivity contribution in [3.63, 3.8) is 0 Å². The van der Waals surface area contributed by atoms with Crippen molar-refractivity contribution in [3.05, 3.63) is 52.0 Å². The Balaban J connectivity index is 1.96. The van der Waals surface area contributed by atoms with Gasteiger partial charge in [0.1, 0.15) is 0 Å². The summed E-state index contributed by atoms with van der Waals surface area (Å²) in [5, 5.41) is 0. The molecule has 108 valence electrons. The lowest BCUT2D eigenvalue weighted by molar-refractivity contribution is 0.256. The Kier molecular flexibility index (Phi) is 5.71. The van der Waals surface area contributed by atoms with E-state index in [1.807, 2.05) is 23.7 Å². The van der Waals surface area contributed by atoms with Crippen LogP contribution in [0, 0.1) is 0 Å². The third-order valence-electron chi connectivity index (χ3n) is 3.62.